The van der Waals surface area contributed by atoms with E-state index in [-0.39, 0.29) is 23.4 Å². The number of thiazole rings is 1. The van der Waals surface area contributed by atoms with E-state index >= 15 is 0 Å². The molecule has 1 aliphatic carbocycles. The fourth-order valence-corrected chi connectivity index (χ4v) is 5.35. The average molecular weight is 465 g/mol. The number of carboxylic acids is 1. The number of carbonyl (C=O) groups excluding carboxylic acids is 1. The maximum atomic E-state index is 12.5. The minimum absolute atomic E-state index is 0.00980. The number of ketones is 1. The van der Waals surface area contributed by atoms with Crippen molar-refractivity contribution in [3.8, 4) is 0 Å². The third-order valence-corrected chi connectivity index (χ3v) is 7.26. The van der Waals surface area contributed by atoms with Crippen LogP contribution < -0.4 is 11.1 Å². The zero-order valence-electron chi connectivity index (χ0n) is 18.1. The number of aromatic nitrogens is 4. The number of nitrogen functional groups attached to an aromatic ring is 1. The number of fused-ring (bicyclic) bond motifs is 1. The average Bonchev–Trinajstić information content (AvgIpc) is 3.49. The molecule has 0 bridgehead atoms. The molecule has 170 valence electrons. The maximum absolute atomic E-state index is 12.5. The molecular formula is C23H24N6O3S. The molecule has 0 unspecified atom stereocenters. The molecule has 0 aromatic carbocycles. The van der Waals surface area contributed by atoms with Gasteiger partial charge in [0.1, 0.15) is 10.8 Å². The minimum Gasteiger partial charge on any atom is -0.481 e. The van der Waals surface area contributed by atoms with Crippen LogP contribution in [0.25, 0.3) is 16.9 Å². The van der Waals surface area contributed by atoms with Crippen LogP contribution >= 0.6 is 11.3 Å². The second-order valence-electron chi connectivity index (χ2n) is 8.46. The van der Waals surface area contributed by atoms with E-state index in [1.165, 1.54) is 11.4 Å². The predicted octanol–water partition coefficient (Wildman–Crippen LogP) is 3.36. The summed E-state index contributed by atoms with van der Waals surface area (Å²) >= 11 is 1.57. The largest absolute Gasteiger partial charge is 0.481 e. The topological polar surface area (TPSA) is 136 Å². The van der Waals surface area contributed by atoms with Crippen LogP contribution in [0, 0.1) is 5.92 Å². The molecule has 1 fully saturated rings. The van der Waals surface area contributed by atoms with Gasteiger partial charge in [-0.2, -0.15) is 9.61 Å². The molecule has 0 amide bonds. The molecular weight excluding hydrogens is 440 g/mol. The third kappa shape index (κ3) is 3.80. The van der Waals surface area contributed by atoms with Crippen molar-refractivity contribution in [1.29, 1.82) is 0 Å². The van der Waals surface area contributed by atoms with Gasteiger partial charge in [-0.1, -0.05) is 6.08 Å². The van der Waals surface area contributed by atoms with Crippen LogP contribution in [-0.4, -0.2) is 43.0 Å². The van der Waals surface area contributed by atoms with Gasteiger partial charge < -0.3 is 16.2 Å². The van der Waals surface area contributed by atoms with E-state index in [1.54, 1.807) is 23.7 Å². The highest BCUT2D eigenvalue weighted by atomic mass is 32.1. The molecule has 0 radical (unpaired) electrons. The summed E-state index contributed by atoms with van der Waals surface area (Å²) < 4.78 is 1.53. The fraction of sp³-hybridized carbons (Fsp3) is 0.348. The van der Waals surface area contributed by atoms with Gasteiger partial charge in [-0.3, -0.25) is 9.59 Å². The number of anilines is 1. The van der Waals surface area contributed by atoms with Gasteiger partial charge in [-0.25, -0.2) is 9.97 Å². The van der Waals surface area contributed by atoms with Crippen LogP contribution in [-0.2, 0) is 4.79 Å². The molecule has 4 N–H and O–H groups in total. The van der Waals surface area contributed by atoms with Crippen molar-refractivity contribution < 1.29 is 14.7 Å². The van der Waals surface area contributed by atoms with E-state index in [2.05, 4.69) is 15.4 Å². The molecule has 9 nitrogen and oxygen atoms in total. The third-order valence-electron chi connectivity index (χ3n) is 6.45. The lowest BCUT2D eigenvalue weighted by Crippen LogP contribution is -2.23. The lowest BCUT2D eigenvalue weighted by Gasteiger charge is -2.27. The van der Waals surface area contributed by atoms with Gasteiger partial charge in [0.15, 0.2) is 11.4 Å². The Morgan fingerprint density at radius 2 is 2.03 bits per heavy atom. The molecule has 1 aliphatic heterocycles. The molecule has 0 saturated heterocycles. The Balaban J connectivity index is 1.55. The smallest absolute Gasteiger partial charge is 0.306 e. The zero-order valence-corrected chi connectivity index (χ0v) is 18.9. The molecule has 0 spiro atoms. The maximum Gasteiger partial charge on any atom is 0.306 e. The number of aliphatic carboxylic acids is 1. The van der Waals surface area contributed by atoms with Crippen LogP contribution in [0.15, 0.2) is 29.9 Å². The van der Waals surface area contributed by atoms with Crippen molar-refractivity contribution in [2.75, 3.05) is 12.3 Å². The molecule has 5 rings (SSSR count). The van der Waals surface area contributed by atoms with Gasteiger partial charge in [0, 0.05) is 29.6 Å². The van der Waals surface area contributed by atoms with Crippen molar-refractivity contribution in [3.63, 3.8) is 0 Å². The summed E-state index contributed by atoms with van der Waals surface area (Å²) in [7, 11) is 0. The van der Waals surface area contributed by atoms with Gasteiger partial charge in [0.25, 0.3) is 0 Å². The number of allylic oxidation sites excluding steroid dienone is 2. The number of hydrogen-bond acceptors (Lipinski definition) is 8. The molecule has 2 aliphatic rings. The Morgan fingerprint density at radius 1 is 1.24 bits per heavy atom. The molecule has 1 saturated carbocycles. The summed E-state index contributed by atoms with van der Waals surface area (Å²) in [5.74, 6) is -1.00. The number of nitrogens with zero attached hydrogens (tertiary/aromatic N) is 4. The van der Waals surface area contributed by atoms with E-state index in [0.29, 0.717) is 49.1 Å². The van der Waals surface area contributed by atoms with Gasteiger partial charge in [0.2, 0.25) is 0 Å². The first-order valence-electron chi connectivity index (χ1n) is 10.9. The number of rotatable bonds is 5. The first-order chi connectivity index (χ1) is 15.9. The van der Waals surface area contributed by atoms with Crippen molar-refractivity contribution in [1.82, 2.24) is 24.9 Å². The Kier molecular flexibility index (Phi) is 5.45. The van der Waals surface area contributed by atoms with E-state index in [9.17, 15) is 14.7 Å². The number of carbonyl (C=O) groups is 2. The Hall–Kier alpha value is -3.53. The van der Waals surface area contributed by atoms with Gasteiger partial charge in [0.05, 0.1) is 29.1 Å². The summed E-state index contributed by atoms with van der Waals surface area (Å²) in [5, 5.41) is 20.0. The van der Waals surface area contributed by atoms with Gasteiger partial charge in [-0.05, 0) is 44.3 Å². The zero-order chi connectivity index (χ0) is 23.1. The Morgan fingerprint density at radius 3 is 2.64 bits per heavy atom. The summed E-state index contributed by atoms with van der Waals surface area (Å²) in [4.78, 5) is 33.1. The van der Waals surface area contributed by atoms with Crippen LogP contribution in [0.4, 0.5) is 5.82 Å². The Bertz CT molecular complexity index is 1300. The molecule has 0 atom stereocenters. The van der Waals surface area contributed by atoms with Crippen LogP contribution in [0.2, 0.25) is 0 Å². The summed E-state index contributed by atoms with van der Waals surface area (Å²) in [5.41, 5.74) is 10.9. The molecule has 3 aromatic rings. The number of carboxylic acid groups (broad SMARTS) is 1. The summed E-state index contributed by atoms with van der Waals surface area (Å²) in [6.07, 6.45) is 9.97. The lowest BCUT2D eigenvalue weighted by atomic mass is 9.79. The summed E-state index contributed by atoms with van der Waals surface area (Å²) in [6, 6.07) is 0. The second-order valence-corrected chi connectivity index (χ2v) is 9.35. The van der Waals surface area contributed by atoms with Gasteiger partial charge in [-0.15, -0.1) is 11.3 Å². The summed E-state index contributed by atoms with van der Waals surface area (Å²) in [6.45, 7) is 2.07. The predicted molar refractivity (Wildman–Crippen MR) is 126 cm³/mol. The number of nitrogens with two attached hydrogens (primary N) is 1. The van der Waals surface area contributed by atoms with E-state index in [0.717, 1.165) is 21.8 Å². The van der Waals surface area contributed by atoms with Crippen LogP contribution in [0.1, 0.15) is 65.1 Å². The SMILES string of the molecule is CC(=O)c1c(C2CCC(C(=O)O)CC2)nc2c(C3=CC=C(c4nccs4)NC3)cnn2c1N. The standard InChI is InChI=1S/C23H24N6O3S/c1-12(30)18-19(13-2-4-14(5-3-13)23(31)32)28-21-16(11-27-29(21)20(18)24)15-6-7-17(26-10-15)22-25-8-9-33-22/h6-9,11,13-14,26H,2-5,10,24H2,1H3,(H,31,32). The van der Waals surface area contributed by atoms with Crippen molar-refractivity contribution in [3.05, 3.63) is 51.8 Å². The molecule has 33 heavy (non-hydrogen) atoms. The Labute approximate surface area is 194 Å². The second kappa shape index (κ2) is 8.43. The highest BCUT2D eigenvalue weighted by molar-refractivity contribution is 7.10. The number of dihydropyridines is 1. The lowest BCUT2D eigenvalue weighted by molar-refractivity contribution is -0.142. The van der Waals surface area contributed by atoms with Crippen LogP contribution in [0.5, 0.6) is 0 Å². The van der Waals surface area contributed by atoms with Crippen LogP contribution in [0.3, 0.4) is 0 Å². The number of hydrogen-bond donors (Lipinski definition) is 3. The monoisotopic (exact) mass is 464 g/mol. The highest BCUT2D eigenvalue weighted by Gasteiger charge is 2.31. The molecule has 4 heterocycles. The minimum atomic E-state index is -0.761. The van der Waals surface area contributed by atoms with Crippen molar-refractivity contribution in [2.45, 2.75) is 38.5 Å². The normalized spacial score (nSPS) is 20.8. The van der Waals surface area contributed by atoms with Crippen molar-refractivity contribution in [2.24, 2.45) is 5.92 Å². The van der Waals surface area contributed by atoms with E-state index in [4.69, 9.17) is 10.7 Å². The van der Waals surface area contributed by atoms with E-state index in [1.807, 2.05) is 17.5 Å². The van der Waals surface area contributed by atoms with E-state index < -0.39 is 5.97 Å². The molecule has 3 aromatic heterocycles. The number of Topliss-reactive ketones (excluding diaryl/α,β-unsaturated/α-hetero) is 1. The van der Waals surface area contributed by atoms with Crippen molar-refractivity contribution >= 4 is 45.8 Å². The quantitative estimate of drug-likeness (QED) is 0.489. The van der Waals surface area contributed by atoms with Gasteiger partial charge >= 0.3 is 5.97 Å². The number of nitrogens with one attached hydrogen (secondary N) is 1. The first-order valence-corrected chi connectivity index (χ1v) is 11.8. The molecule has 10 heteroatoms. The highest BCUT2D eigenvalue weighted by Crippen LogP contribution is 2.39. The first kappa shape index (κ1) is 21.3. The fourth-order valence-electron chi connectivity index (χ4n) is 4.71.